The van der Waals surface area contributed by atoms with Crippen molar-refractivity contribution >= 4 is 5.97 Å². The second-order valence-electron chi connectivity index (χ2n) is 3.56. The van der Waals surface area contributed by atoms with Crippen LogP contribution in [0.3, 0.4) is 0 Å². The van der Waals surface area contributed by atoms with Gasteiger partial charge in [-0.1, -0.05) is 19.9 Å². The summed E-state index contributed by atoms with van der Waals surface area (Å²) < 4.78 is 1.70. The number of carbonyl (C=O) groups is 1. The van der Waals surface area contributed by atoms with Crippen LogP contribution in [0.15, 0.2) is 24.9 Å². The molecule has 0 aliphatic heterocycles. The Hall–Kier alpha value is -1.51. The van der Waals surface area contributed by atoms with Gasteiger partial charge in [-0.25, -0.2) is 4.79 Å². The Bertz CT molecular complexity index is 350. The Morgan fingerprint density at radius 3 is 2.79 bits per heavy atom. The molecule has 1 rings (SSSR count). The fourth-order valence-electron chi connectivity index (χ4n) is 1.32. The van der Waals surface area contributed by atoms with Gasteiger partial charge < -0.3 is 9.67 Å². The summed E-state index contributed by atoms with van der Waals surface area (Å²) >= 11 is 0. The normalized spacial score (nSPS) is 10.5. The Labute approximate surface area is 83.7 Å². The van der Waals surface area contributed by atoms with E-state index in [1.54, 1.807) is 16.7 Å². The molecule has 3 heteroatoms. The number of aromatic carboxylic acids is 1. The molecule has 0 aliphatic rings. The lowest BCUT2D eigenvalue weighted by Crippen LogP contribution is -2.06. The fourth-order valence-corrected chi connectivity index (χ4v) is 1.32. The van der Waals surface area contributed by atoms with Crippen LogP contribution in [0.25, 0.3) is 0 Å². The minimum absolute atomic E-state index is 0.327. The van der Waals surface area contributed by atoms with E-state index >= 15 is 0 Å². The van der Waals surface area contributed by atoms with E-state index in [1.165, 1.54) is 0 Å². The standard InChI is InChI=1S/C11H15NO2/c1-4-5-12-7-9(8(2)3)6-10(12)11(13)14/h4,6-8H,1,5H2,2-3H3,(H,13,14). The van der Waals surface area contributed by atoms with E-state index in [1.807, 2.05) is 20.0 Å². The lowest BCUT2D eigenvalue weighted by Gasteiger charge is -2.01. The lowest BCUT2D eigenvalue weighted by molar-refractivity contribution is 0.0686. The maximum atomic E-state index is 10.9. The Morgan fingerprint density at radius 1 is 1.71 bits per heavy atom. The Kier molecular flexibility index (Phi) is 3.12. The summed E-state index contributed by atoms with van der Waals surface area (Å²) in [6.07, 6.45) is 3.56. The molecular formula is C11H15NO2. The van der Waals surface area contributed by atoms with E-state index in [0.29, 0.717) is 18.2 Å². The molecule has 0 saturated heterocycles. The zero-order chi connectivity index (χ0) is 10.7. The van der Waals surface area contributed by atoms with Crippen molar-refractivity contribution in [1.82, 2.24) is 4.57 Å². The number of rotatable bonds is 4. The van der Waals surface area contributed by atoms with E-state index in [9.17, 15) is 4.79 Å². The molecule has 14 heavy (non-hydrogen) atoms. The molecule has 1 heterocycles. The fraction of sp³-hybridized carbons (Fsp3) is 0.364. The van der Waals surface area contributed by atoms with Crippen LogP contribution in [0.1, 0.15) is 35.8 Å². The van der Waals surface area contributed by atoms with Crippen molar-refractivity contribution in [3.63, 3.8) is 0 Å². The third kappa shape index (κ3) is 2.05. The third-order valence-corrected chi connectivity index (χ3v) is 2.13. The molecule has 1 N–H and O–H groups in total. The average molecular weight is 193 g/mol. The molecule has 0 atom stereocenters. The summed E-state index contributed by atoms with van der Waals surface area (Å²) in [7, 11) is 0. The summed E-state index contributed by atoms with van der Waals surface area (Å²) in [5.74, 6) is -0.544. The monoisotopic (exact) mass is 193 g/mol. The molecule has 76 valence electrons. The van der Waals surface area contributed by atoms with Gasteiger partial charge in [-0.15, -0.1) is 6.58 Å². The molecular weight excluding hydrogens is 178 g/mol. The lowest BCUT2D eigenvalue weighted by atomic mass is 10.1. The Morgan fingerprint density at radius 2 is 2.36 bits per heavy atom. The first-order chi connectivity index (χ1) is 6.56. The average Bonchev–Trinajstić information content (AvgIpc) is 2.49. The zero-order valence-electron chi connectivity index (χ0n) is 8.53. The highest BCUT2D eigenvalue weighted by molar-refractivity contribution is 5.86. The maximum absolute atomic E-state index is 10.9. The molecule has 3 nitrogen and oxygen atoms in total. The van der Waals surface area contributed by atoms with Gasteiger partial charge in [0.2, 0.25) is 0 Å². The molecule has 0 spiro atoms. The molecule has 0 fully saturated rings. The van der Waals surface area contributed by atoms with Crippen LogP contribution < -0.4 is 0 Å². The summed E-state index contributed by atoms with van der Waals surface area (Å²) in [6, 6.07) is 1.72. The van der Waals surface area contributed by atoms with E-state index in [2.05, 4.69) is 6.58 Å². The number of carboxylic acid groups (broad SMARTS) is 1. The van der Waals surface area contributed by atoms with Gasteiger partial charge >= 0.3 is 5.97 Å². The first kappa shape index (κ1) is 10.6. The topological polar surface area (TPSA) is 42.2 Å². The van der Waals surface area contributed by atoms with Gasteiger partial charge in [0, 0.05) is 12.7 Å². The number of aromatic nitrogens is 1. The highest BCUT2D eigenvalue weighted by atomic mass is 16.4. The second kappa shape index (κ2) is 4.13. The molecule has 0 saturated carbocycles. The summed E-state index contributed by atoms with van der Waals surface area (Å²) in [6.45, 7) is 8.21. The van der Waals surface area contributed by atoms with Gasteiger partial charge in [0.1, 0.15) is 5.69 Å². The molecule has 0 unspecified atom stereocenters. The summed E-state index contributed by atoms with van der Waals surface area (Å²) in [5, 5.41) is 8.93. The molecule has 1 aromatic rings. The van der Waals surface area contributed by atoms with Crippen molar-refractivity contribution in [3.05, 3.63) is 36.2 Å². The van der Waals surface area contributed by atoms with Crippen molar-refractivity contribution in [3.8, 4) is 0 Å². The molecule has 1 aromatic heterocycles. The van der Waals surface area contributed by atoms with Gasteiger partial charge in [0.05, 0.1) is 0 Å². The summed E-state index contributed by atoms with van der Waals surface area (Å²) in [4.78, 5) is 10.9. The van der Waals surface area contributed by atoms with Gasteiger partial charge in [0.25, 0.3) is 0 Å². The molecule has 0 aromatic carbocycles. The largest absolute Gasteiger partial charge is 0.477 e. The number of carboxylic acids is 1. The van der Waals surface area contributed by atoms with Crippen LogP contribution in [0, 0.1) is 0 Å². The van der Waals surface area contributed by atoms with Gasteiger partial charge in [0.15, 0.2) is 0 Å². The number of nitrogens with zero attached hydrogens (tertiary/aromatic N) is 1. The van der Waals surface area contributed by atoms with Gasteiger partial charge in [-0.05, 0) is 17.5 Å². The van der Waals surface area contributed by atoms with Crippen LogP contribution in [0.4, 0.5) is 0 Å². The van der Waals surface area contributed by atoms with E-state index in [4.69, 9.17) is 5.11 Å². The third-order valence-electron chi connectivity index (χ3n) is 2.13. The summed E-state index contributed by atoms with van der Waals surface area (Å²) in [5.41, 5.74) is 1.37. The maximum Gasteiger partial charge on any atom is 0.352 e. The predicted molar refractivity (Wildman–Crippen MR) is 55.7 cm³/mol. The van der Waals surface area contributed by atoms with Crippen molar-refractivity contribution in [1.29, 1.82) is 0 Å². The van der Waals surface area contributed by atoms with E-state index < -0.39 is 5.97 Å². The van der Waals surface area contributed by atoms with Crippen molar-refractivity contribution in [2.24, 2.45) is 0 Å². The molecule has 0 aliphatic carbocycles. The predicted octanol–water partition coefficient (Wildman–Crippen LogP) is 2.50. The van der Waals surface area contributed by atoms with Gasteiger partial charge in [-0.3, -0.25) is 0 Å². The molecule has 0 amide bonds. The number of hydrogen-bond acceptors (Lipinski definition) is 1. The van der Waals surface area contributed by atoms with Crippen LogP contribution in [-0.4, -0.2) is 15.6 Å². The van der Waals surface area contributed by atoms with Crippen LogP contribution in [-0.2, 0) is 6.54 Å². The molecule has 0 bridgehead atoms. The van der Waals surface area contributed by atoms with Crippen molar-refractivity contribution in [2.75, 3.05) is 0 Å². The van der Waals surface area contributed by atoms with Crippen LogP contribution in [0.5, 0.6) is 0 Å². The zero-order valence-corrected chi connectivity index (χ0v) is 8.53. The van der Waals surface area contributed by atoms with E-state index in [0.717, 1.165) is 5.56 Å². The van der Waals surface area contributed by atoms with Gasteiger partial charge in [-0.2, -0.15) is 0 Å². The minimum atomic E-state index is -0.890. The van der Waals surface area contributed by atoms with E-state index in [-0.39, 0.29) is 0 Å². The second-order valence-corrected chi connectivity index (χ2v) is 3.56. The first-order valence-corrected chi connectivity index (χ1v) is 4.60. The van der Waals surface area contributed by atoms with Crippen molar-refractivity contribution in [2.45, 2.75) is 26.3 Å². The Balaban J connectivity index is 3.11. The van der Waals surface area contributed by atoms with Crippen LogP contribution >= 0.6 is 0 Å². The molecule has 0 radical (unpaired) electrons. The van der Waals surface area contributed by atoms with Crippen molar-refractivity contribution < 1.29 is 9.90 Å². The smallest absolute Gasteiger partial charge is 0.352 e. The number of allylic oxidation sites excluding steroid dienone is 1. The minimum Gasteiger partial charge on any atom is -0.477 e. The van der Waals surface area contributed by atoms with Crippen LogP contribution in [0.2, 0.25) is 0 Å². The first-order valence-electron chi connectivity index (χ1n) is 4.60. The highest BCUT2D eigenvalue weighted by Crippen LogP contribution is 2.18. The highest BCUT2D eigenvalue weighted by Gasteiger charge is 2.12. The quantitative estimate of drug-likeness (QED) is 0.746. The number of hydrogen-bond donors (Lipinski definition) is 1. The SMILES string of the molecule is C=CCn1cc(C(C)C)cc1C(=O)O.